The van der Waals surface area contributed by atoms with Crippen molar-refractivity contribution < 1.29 is 64.6 Å². The Balaban J connectivity index is 2.74. The average molecular weight is 519 g/mol. The van der Waals surface area contributed by atoms with Crippen molar-refractivity contribution in [3.63, 3.8) is 0 Å². The van der Waals surface area contributed by atoms with Gasteiger partial charge in [0.1, 0.15) is 0 Å². The predicted molar refractivity (Wildman–Crippen MR) is 94.4 cm³/mol. The minimum Gasteiger partial charge on any atom is -0.320 e. The number of nitro benzene ring substituents is 1. The Kier molecular flexibility index (Phi) is 8.74. The normalized spacial score (nSPS) is 17.0. The van der Waals surface area contributed by atoms with Gasteiger partial charge in [-0.2, -0.15) is 17.6 Å². The summed E-state index contributed by atoms with van der Waals surface area (Å²) in [6.07, 6.45) is -4.95. The van der Waals surface area contributed by atoms with Crippen LogP contribution in [-0.2, 0) is 29.1 Å². The van der Waals surface area contributed by atoms with Gasteiger partial charge in [0.05, 0.1) is 11.5 Å². The molecule has 0 saturated heterocycles. The maximum absolute atomic E-state index is 13.9. The first kappa shape index (κ1) is 27.8. The molecule has 0 aliphatic carbocycles. The summed E-state index contributed by atoms with van der Waals surface area (Å²) in [5, 5.41) is 10.5. The average Bonchev–Trinajstić information content (AvgIpc) is 2.58. The monoisotopic (exact) mass is 519 g/mol. The Morgan fingerprint density at radius 1 is 0.935 bits per heavy atom. The van der Waals surface area contributed by atoms with E-state index in [1.54, 1.807) is 0 Å². The highest BCUT2D eigenvalue weighted by molar-refractivity contribution is 7.64. The maximum Gasteiger partial charge on any atom is 0.479 e. The van der Waals surface area contributed by atoms with Gasteiger partial charge in [-0.1, -0.05) is 0 Å². The molecule has 0 spiro atoms. The van der Waals surface area contributed by atoms with Crippen molar-refractivity contribution in [2.45, 2.75) is 37.2 Å². The van der Waals surface area contributed by atoms with Crippen LogP contribution in [0.2, 0.25) is 0 Å². The number of nitrogens with zero attached hydrogens (tertiary/aromatic N) is 1. The van der Waals surface area contributed by atoms with Gasteiger partial charge in [0, 0.05) is 25.0 Å². The number of alkyl halides is 4. The van der Waals surface area contributed by atoms with Crippen molar-refractivity contribution in [3.8, 4) is 0 Å². The second-order valence-corrected chi connectivity index (χ2v) is 11.3. The number of hydrogen-bond acceptors (Lipinski definition) is 7. The number of phosphoric ester groups is 1. The van der Waals surface area contributed by atoms with Crippen LogP contribution in [0.15, 0.2) is 24.3 Å². The molecule has 0 saturated carbocycles. The lowest BCUT2D eigenvalue weighted by Gasteiger charge is -2.24. The summed E-state index contributed by atoms with van der Waals surface area (Å²) in [5.41, 5.74) is -9.81. The smallest absolute Gasteiger partial charge is 0.320 e. The molecule has 2 atom stereocenters. The van der Waals surface area contributed by atoms with Gasteiger partial charge in [-0.3, -0.25) is 23.8 Å². The molecular weight excluding hydrogens is 503 g/mol. The Morgan fingerprint density at radius 2 is 1.42 bits per heavy atom. The van der Waals surface area contributed by atoms with Crippen molar-refractivity contribution >= 4 is 28.7 Å². The zero-order valence-corrected chi connectivity index (χ0v) is 17.8. The highest BCUT2D eigenvalue weighted by atomic mass is 31.3. The van der Waals surface area contributed by atoms with Crippen LogP contribution in [0.3, 0.4) is 0 Å². The Labute approximate surface area is 171 Å². The lowest BCUT2D eigenvalue weighted by atomic mass is 10.2. The fourth-order valence-corrected chi connectivity index (χ4v) is 4.88. The van der Waals surface area contributed by atoms with Crippen molar-refractivity contribution in [2.24, 2.45) is 0 Å². The van der Waals surface area contributed by atoms with Crippen LogP contribution < -0.4 is 0 Å². The molecule has 0 amide bonds. The van der Waals surface area contributed by atoms with Crippen LogP contribution >= 0.6 is 23.0 Å². The topological polar surface area (TPSA) is 194 Å². The van der Waals surface area contributed by atoms with Crippen LogP contribution in [0.4, 0.5) is 23.2 Å². The minimum atomic E-state index is -6.28. The van der Waals surface area contributed by atoms with Gasteiger partial charge in [0.25, 0.3) is 5.69 Å². The van der Waals surface area contributed by atoms with Crippen LogP contribution in [0.1, 0.15) is 24.8 Å². The summed E-state index contributed by atoms with van der Waals surface area (Å²) >= 11 is 0. The Hall–Kier alpha value is -1.21. The van der Waals surface area contributed by atoms with E-state index >= 15 is 0 Å². The summed E-state index contributed by atoms with van der Waals surface area (Å²) in [6, 6.07) is 4.12. The molecule has 1 rings (SSSR count). The molecule has 0 aliphatic rings. The first-order valence-electron chi connectivity index (χ1n) is 7.86. The van der Waals surface area contributed by atoms with Crippen molar-refractivity contribution in [3.05, 3.63) is 39.9 Å². The number of benzene rings is 1. The van der Waals surface area contributed by atoms with Crippen LogP contribution in [0.25, 0.3) is 0 Å². The molecule has 0 aliphatic heterocycles. The molecule has 1 aromatic rings. The highest BCUT2D eigenvalue weighted by Crippen LogP contribution is 2.69. The van der Waals surface area contributed by atoms with Gasteiger partial charge < -0.3 is 19.6 Å². The van der Waals surface area contributed by atoms with Gasteiger partial charge in [-0.15, -0.1) is 0 Å². The standard InChI is InChI=1S/C12H16F4NO11P3/c13-11(14,29(20,21)22)6-1-7-12(15,16)30(23,24)28-31(25,26)27-8-9-2-4-10(5-3-9)17(18)19/h2-5H,1,6-8H2,(H,23,24)(H,25,26)(H2,20,21,22). The fourth-order valence-electron chi connectivity index (χ4n) is 1.89. The lowest BCUT2D eigenvalue weighted by molar-refractivity contribution is -0.384. The summed E-state index contributed by atoms with van der Waals surface area (Å²) in [4.78, 5) is 45.3. The number of non-ortho nitro benzene ring substituents is 1. The van der Waals surface area contributed by atoms with E-state index in [2.05, 4.69) is 8.83 Å². The Bertz CT molecular complexity index is 936. The van der Waals surface area contributed by atoms with Gasteiger partial charge in [-0.05, 0) is 24.1 Å². The molecule has 31 heavy (non-hydrogen) atoms. The van der Waals surface area contributed by atoms with E-state index in [0.717, 1.165) is 24.3 Å². The zero-order chi connectivity index (χ0) is 24.3. The van der Waals surface area contributed by atoms with E-state index in [1.165, 1.54) is 0 Å². The molecule has 12 nitrogen and oxygen atoms in total. The highest BCUT2D eigenvalue weighted by Gasteiger charge is 2.55. The predicted octanol–water partition coefficient (Wildman–Crippen LogP) is 3.95. The van der Waals surface area contributed by atoms with Crippen molar-refractivity contribution in [1.82, 2.24) is 0 Å². The van der Waals surface area contributed by atoms with Crippen LogP contribution in [0.5, 0.6) is 0 Å². The third-order valence-electron chi connectivity index (χ3n) is 3.55. The fraction of sp³-hybridized carbons (Fsp3) is 0.500. The zero-order valence-electron chi connectivity index (χ0n) is 15.1. The molecule has 19 heteroatoms. The summed E-state index contributed by atoms with van der Waals surface area (Å²) in [6.45, 7) is -0.841. The minimum absolute atomic E-state index is 0.0303. The van der Waals surface area contributed by atoms with E-state index in [0.29, 0.717) is 0 Å². The number of rotatable bonds is 12. The maximum atomic E-state index is 13.9. The van der Waals surface area contributed by atoms with E-state index < -0.39 is 65.1 Å². The third-order valence-corrected chi connectivity index (χ3v) is 7.84. The largest absolute Gasteiger partial charge is 0.479 e. The van der Waals surface area contributed by atoms with Crippen molar-refractivity contribution in [2.75, 3.05) is 0 Å². The van der Waals surface area contributed by atoms with Crippen molar-refractivity contribution in [1.29, 1.82) is 0 Å². The number of phosphoric acid groups is 1. The van der Waals surface area contributed by atoms with Gasteiger partial charge in [-0.25, -0.2) is 8.88 Å². The van der Waals surface area contributed by atoms with Crippen LogP contribution in [0, 0.1) is 10.1 Å². The Morgan fingerprint density at radius 3 is 1.87 bits per heavy atom. The molecule has 0 radical (unpaired) electrons. The van der Waals surface area contributed by atoms with Gasteiger partial charge in [0.2, 0.25) is 0 Å². The molecule has 0 fully saturated rings. The second kappa shape index (κ2) is 9.74. The number of hydrogen-bond donors (Lipinski definition) is 4. The van der Waals surface area contributed by atoms with Crippen LogP contribution in [-0.4, -0.2) is 35.8 Å². The molecular formula is C12H16F4NO11P3. The molecule has 178 valence electrons. The van der Waals surface area contributed by atoms with Gasteiger partial charge in [0.15, 0.2) is 0 Å². The van der Waals surface area contributed by atoms with E-state index in [-0.39, 0.29) is 11.3 Å². The first-order chi connectivity index (χ1) is 13.8. The van der Waals surface area contributed by atoms with E-state index in [1.807, 2.05) is 0 Å². The van der Waals surface area contributed by atoms with Gasteiger partial charge >= 0.3 is 34.3 Å². The second-order valence-electron chi connectivity index (χ2n) is 6.00. The number of nitro groups is 1. The molecule has 0 heterocycles. The SMILES string of the molecule is O=[N+]([O-])c1ccc(COP(=O)(O)OP(=O)(O)C(F)(F)CCCC(F)(F)P(=O)(O)O)cc1. The molecule has 0 bridgehead atoms. The molecule has 4 N–H and O–H groups in total. The molecule has 2 unspecified atom stereocenters. The quantitative estimate of drug-likeness (QED) is 0.135. The summed E-state index contributed by atoms with van der Waals surface area (Å²) < 4.78 is 95.7. The summed E-state index contributed by atoms with van der Waals surface area (Å²) in [7, 11) is -17.8. The van der Waals surface area contributed by atoms with E-state index in [4.69, 9.17) is 9.79 Å². The first-order valence-corrected chi connectivity index (χ1v) is 12.5. The molecule has 1 aromatic carbocycles. The lowest BCUT2D eigenvalue weighted by Crippen LogP contribution is -2.21. The third kappa shape index (κ3) is 8.01. The summed E-state index contributed by atoms with van der Waals surface area (Å²) in [5.74, 6) is 0. The molecule has 0 aromatic heterocycles. The van der Waals surface area contributed by atoms with E-state index in [9.17, 15) is 51.2 Å². The number of halogens is 4.